The maximum absolute atomic E-state index is 11.6. The van der Waals surface area contributed by atoms with Crippen LogP contribution in [0.2, 0.25) is 0 Å². The molecule has 1 unspecified atom stereocenters. The molecule has 108 valence electrons. The van der Waals surface area contributed by atoms with Gasteiger partial charge >= 0.3 is 6.03 Å². The third-order valence-electron chi connectivity index (χ3n) is 2.86. The lowest BCUT2D eigenvalue weighted by atomic mass is 10.1. The van der Waals surface area contributed by atoms with Crippen molar-refractivity contribution < 1.29 is 14.3 Å². The average Bonchev–Trinajstić information content (AvgIpc) is 2.83. The first-order valence-electron chi connectivity index (χ1n) is 6.14. The topological polar surface area (TPSA) is 67.4 Å². The normalized spacial score (nSPS) is 14.2. The van der Waals surface area contributed by atoms with Gasteiger partial charge in [-0.2, -0.15) is 0 Å². The van der Waals surface area contributed by atoms with Crippen LogP contribution in [0.15, 0.2) is 16.6 Å². The third kappa shape index (κ3) is 3.64. The lowest BCUT2D eigenvalue weighted by Gasteiger charge is -2.11. The minimum absolute atomic E-state index is 0.275. The van der Waals surface area contributed by atoms with Crippen LogP contribution in [-0.2, 0) is 17.8 Å². The van der Waals surface area contributed by atoms with E-state index in [1.165, 1.54) is 6.92 Å². The van der Waals surface area contributed by atoms with Gasteiger partial charge in [0.2, 0.25) is 5.91 Å². The standard InChI is InChI=1S/C13H14BrClN2O3/c1-7(15)12(18)17-13(19)16-6-9-5-10(14)4-8-2-3-20-11(8)9/h4-5,7H,2-3,6H2,1H3,(H2,16,17,18,19). The molecule has 0 saturated carbocycles. The van der Waals surface area contributed by atoms with E-state index >= 15 is 0 Å². The van der Waals surface area contributed by atoms with E-state index in [4.69, 9.17) is 16.3 Å². The Balaban J connectivity index is 1.98. The van der Waals surface area contributed by atoms with Gasteiger partial charge in [0.25, 0.3) is 0 Å². The summed E-state index contributed by atoms with van der Waals surface area (Å²) in [4.78, 5) is 22.8. The molecule has 2 N–H and O–H groups in total. The smallest absolute Gasteiger partial charge is 0.321 e. The Morgan fingerprint density at radius 2 is 2.25 bits per heavy atom. The molecule has 0 aliphatic carbocycles. The van der Waals surface area contributed by atoms with Gasteiger partial charge in [0.05, 0.1) is 6.61 Å². The number of alkyl halides is 1. The number of carbonyl (C=O) groups is 2. The highest BCUT2D eigenvalue weighted by Crippen LogP contribution is 2.32. The number of fused-ring (bicyclic) bond motifs is 1. The largest absolute Gasteiger partial charge is 0.493 e. The molecule has 0 bridgehead atoms. The highest BCUT2D eigenvalue weighted by molar-refractivity contribution is 9.10. The molecule has 0 aromatic heterocycles. The van der Waals surface area contributed by atoms with Crippen molar-refractivity contribution in [1.82, 2.24) is 10.6 Å². The Morgan fingerprint density at radius 1 is 1.50 bits per heavy atom. The van der Waals surface area contributed by atoms with Gasteiger partial charge < -0.3 is 10.1 Å². The average molecular weight is 362 g/mol. The van der Waals surface area contributed by atoms with Gasteiger partial charge in [0, 0.05) is 23.0 Å². The first-order chi connectivity index (χ1) is 9.47. The highest BCUT2D eigenvalue weighted by Gasteiger charge is 2.18. The van der Waals surface area contributed by atoms with Crippen molar-refractivity contribution in [1.29, 1.82) is 0 Å². The van der Waals surface area contributed by atoms with Crippen LogP contribution in [-0.4, -0.2) is 23.9 Å². The summed E-state index contributed by atoms with van der Waals surface area (Å²) in [7, 11) is 0. The van der Waals surface area contributed by atoms with E-state index in [1.807, 2.05) is 12.1 Å². The number of carbonyl (C=O) groups excluding carboxylic acids is 2. The molecule has 0 fully saturated rings. The molecule has 1 heterocycles. The molecule has 20 heavy (non-hydrogen) atoms. The number of amides is 3. The van der Waals surface area contributed by atoms with E-state index in [9.17, 15) is 9.59 Å². The molecule has 0 saturated heterocycles. The molecule has 3 amide bonds. The first-order valence-corrected chi connectivity index (χ1v) is 7.37. The Bertz CT molecular complexity index is 549. The van der Waals surface area contributed by atoms with Crippen LogP contribution in [0.4, 0.5) is 4.79 Å². The summed E-state index contributed by atoms with van der Waals surface area (Å²) in [5.41, 5.74) is 1.98. The van der Waals surface area contributed by atoms with Crippen LogP contribution in [0.1, 0.15) is 18.1 Å². The second kappa shape index (κ2) is 6.45. The molecule has 0 spiro atoms. The molecular weight excluding hydrogens is 348 g/mol. The van der Waals surface area contributed by atoms with Crippen molar-refractivity contribution in [3.63, 3.8) is 0 Å². The SMILES string of the molecule is CC(Cl)C(=O)NC(=O)NCc1cc(Br)cc2c1OCC2. The fourth-order valence-corrected chi connectivity index (χ4v) is 2.52. The molecule has 1 aromatic carbocycles. The fraction of sp³-hybridized carbons (Fsp3) is 0.385. The lowest BCUT2D eigenvalue weighted by molar-refractivity contribution is -0.119. The molecule has 5 nitrogen and oxygen atoms in total. The van der Waals surface area contributed by atoms with Gasteiger partial charge in [0.1, 0.15) is 11.1 Å². The Morgan fingerprint density at radius 3 is 2.95 bits per heavy atom. The monoisotopic (exact) mass is 360 g/mol. The third-order valence-corrected chi connectivity index (χ3v) is 3.52. The summed E-state index contributed by atoms with van der Waals surface area (Å²) in [5, 5.41) is 4.02. The predicted molar refractivity (Wildman–Crippen MR) is 79.0 cm³/mol. The summed E-state index contributed by atoms with van der Waals surface area (Å²) in [6.07, 6.45) is 0.857. The number of halogens is 2. The van der Waals surface area contributed by atoms with Crippen LogP contribution in [0.5, 0.6) is 5.75 Å². The number of hydrogen-bond donors (Lipinski definition) is 2. The van der Waals surface area contributed by atoms with Gasteiger partial charge in [-0.3, -0.25) is 10.1 Å². The quantitative estimate of drug-likeness (QED) is 0.812. The van der Waals surface area contributed by atoms with Crippen LogP contribution in [0, 0.1) is 0 Å². The number of rotatable bonds is 3. The molecule has 1 aliphatic heterocycles. The number of nitrogens with one attached hydrogen (secondary N) is 2. The number of hydrogen-bond acceptors (Lipinski definition) is 3. The van der Waals surface area contributed by atoms with Crippen molar-refractivity contribution >= 4 is 39.5 Å². The molecule has 1 aromatic rings. The number of urea groups is 1. The molecular formula is C13H14BrClN2O3. The minimum atomic E-state index is -0.751. The van der Waals surface area contributed by atoms with Gasteiger partial charge in [-0.1, -0.05) is 15.9 Å². The second-order valence-electron chi connectivity index (χ2n) is 4.44. The van der Waals surface area contributed by atoms with Gasteiger partial charge in [-0.15, -0.1) is 11.6 Å². The van der Waals surface area contributed by atoms with E-state index in [0.29, 0.717) is 6.61 Å². The maximum atomic E-state index is 11.6. The van der Waals surface area contributed by atoms with Crippen molar-refractivity contribution in [2.24, 2.45) is 0 Å². The number of ether oxygens (including phenoxy) is 1. The van der Waals surface area contributed by atoms with Crippen LogP contribution in [0.25, 0.3) is 0 Å². The van der Waals surface area contributed by atoms with Gasteiger partial charge in [0.15, 0.2) is 0 Å². The fourth-order valence-electron chi connectivity index (χ4n) is 1.91. The molecule has 2 rings (SSSR count). The van der Waals surface area contributed by atoms with Crippen LogP contribution >= 0.6 is 27.5 Å². The Kier molecular flexibility index (Phi) is 4.88. The van der Waals surface area contributed by atoms with E-state index in [2.05, 4.69) is 26.6 Å². The Hall–Kier alpha value is -1.27. The molecule has 0 radical (unpaired) electrons. The van der Waals surface area contributed by atoms with Crippen molar-refractivity contribution in [3.05, 3.63) is 27.7 Å². The summed E-state index contributed by atoms with van der Waals surface area (Å²) < 4.78 is 6.49. The molecule has 1 aliphatic rings. The van der Waals surface area contributed by atoms with Crippen molar-refractivity contribution in [2.75, 3.05) is 6.61 Å². The Labute approximate surface area is 130 Å². The molecule has 1 atom stereocenters. The van der Waals surface area contributed by atoms with Crippen molar-refractivity contribution in [3.8, 4) is 5.75 Å². The van der Waals surface area contributed by atoms with E-state index < -0.39 is 17.3 Å². The van der Waals surface area contributed by atoms with Gasteiger partial charge in [-0.05, 0) is 24.6 Å². The zero-order valence-corrected chi connectivity index (χ0v) is 13.2. The summed E-state index contributed by atoms with van der Waals surface area (Å²) in [5.74, 6) is 0.283. The predicted octanol–water partition coefficient (Wildman–Crippen LogP) is 2.34. The molecule has 7 heteroatoms. The zero-order valence-electron chi connectivity index (χ0n) is 10.8. The summed E-state index contributed by atoms with van der Waals surface area (Å²) in [6.45, 7) is 2.42. The maximum Gasteiger partial charge on any atom is 0.321 e. The van der Waals surface area contributed by atoms with E-state index in [0.717, 1.165) is 27.8 Å². The number of imide groups is 1. The van der Waals surface area contributed by atoms with Gasteiger partial charge in [-0.25, -0.2) is 4.79 Å². The number of benzene rings is 1. The highest BCUT2D eigenvalue weighted by atomic mass is 79.9. The van der Waals surface area contributed by atoms with Crippen LogP contribution < -0.4 is 15.4 Å². The van der Waals surface area contributed by atoms with Crippen LogP contribution in [0.3, 0.4) is 0 Å². The summed E-state index contributed by atoms with van der Waals surface area (Å²) in [6, 6.07) is 3.32. The first kappa shape index (κ1) is 15.1. The van der Waals surface area contributed by atoms with Crippen molar-refractivity contribution in [2.45, 2.75) is 25.3 Å². The van der Waals surface area contributed by atoms with E-state index in [-0.39, 0.29) is 6.54 Å². The van der Waals surface area contributed by atoms with E-state index in [1.54, 1.807) is 0 Å². The summed E-state index contributed by atoms with van der Waals surface area (Å²) >= 11 is 9.00. The lowest BCUT2D eigenvalue weighted by Crippen LogP contribution is -2.41. The minimum Gasteiger partial charge on any atom is -0.493 e. The second-order valence-corrected chi connectivity index (χ2v) is 6.01. The zero-order chi connectivity index (χ0) is 14.7.